The maximum Gasteiger partial charge on any atom is 0.223 e. The average Bonchev–Trinajstić information content (AvgIpc) is 2.83. The third kappa shape index (κ3) is 4.03. The van der Waals surface area contributed by atoms with Crippen LogP contribution in [-0.2, 0) is 6.42 Å². The average molecular weight is 296 g/mol. The predicted molar refractivity (Wildman–Crippen MR) is 78.6 cm³/mol. The third-order valence-corrected chi connectivity index (χ3v) is 3.94. The van der Waals surface area contributed by atoms with Crippen LogP contribution in [0.5, 0.6) is 0 Å². The molecule has 0 bridgehead atoms. The molecule has 0 aliphatic heterocycles. The molecule has 0 atom stereocenters. The molecule has 0 saturated heterocycles. The van der Waals surface area contributed by atoms with Gasteiger partial charge in [-0.1, -0.05) is 13.8 Å². The normalized spacial score (nSPS) is 10.6. The maximum absolute atomic E-state index is 5.71. The number of nitrogens with two attached hydrogens (primary N) is 1. The molecule has 2 rings (SSSR count). The van der Waals surface area contributed by atoms with E-state index in [2.05, 4.69) is 31.6 Å². The van der Waals surface area contributed by atoms with E-state index < -0.39 is 0 Å². The van der Waals surface area contributed by atoms with E-state index in [0.29, 0.717) is 0 Å². The van der Waals surface area contributed by atoms with Crippen LogP contribution in [0.25, 0.3) is 0 Å². The van der Waals surface area contributed by atoms with Crippen molar-refractivity contribution in [3.63, 3.8) is 0 Å². The van der Waals surface area contributed by atoms with Gasteiger partial charge in [-0.2, -0.15) is 9.36 Å². The van der Waals surface area contributed by atoms with Crippen LogP contribution in [0.1, 0.15) is 26.1 Å². The smallest absolute Gasteiger partial charge is 0.223 e. The van der Waals surface area contributed by atoms with Crippen molar-refractivity contribution in [1.82, 2.24) is 19.3 Å². The summed E-state index contributed by atoms with van der Waals surface area (Å²) in [4.78, 5) is 12.7. The van der Waals surface area contributed by atoms with Gasteiger partial charge in [0.15, 0.2) is 4.34 Å². The van der Waals surface area contributed by atoms with Gasteiger partial charge < -0.3 is 11.1 Å². The predicted octanol–water partition coefficient (Wildman–Crippen LogP) is 2.45. The molecular formula is C11H16N6S2. The highest BCUT2D eigenvalue weighted by atomic mass is 32.2. The standard InChI is InChI=1S/C11H16N6S2/c1-3-5-13-8-6-9(16-10(12)14-8)18-11-15-7(4-2)17-19-11/h6H,3-5H2,1-2H3,(H3,12,13,14,16). The molecule has 0 aliphatic carbocycles. The van der Waals surface area contributed by atoms with Crippen LogP contribution >= 0.6 is 23.3 Å². The zero-order chi connectivity index (χ0) is 13.7. The third-order valence-electron chi connectivity index (χ3n) is 2.23. The van der Waals surface area contributed by atoms with Gasteiger partial charge in [-0.15, -0.1) is 0 Å². The number of nitrogen functional groups attached to an aromatic ring is 1. The van der Waals surface area contributed by atoms with Crippen molar-refractivity contribution < 1.29 is 0 Å². The van der Waals surface area contributed by atoms with Gasteiger partial charge >= 0.3 is 0 Å². The fraction of sp³-hybridized carbons (Fsp3) is 0.455. The molecule has 0 amide bonds. The molecule has 0 aliphatic rings. The van der Waals surface area contributed by atoms with Crippen molar-refractivity contribution in [2.24, 2.45) is 0 Å². The van der Waals surface area contributed by atoms with E-state index in [1.807, 2.05) is 13.0 Å². The van der Waals surface area contributed by atoms with Gasteiger partial charge in [-0.3, -0.25) is 0 Å². The second-order valence-corrected chi connectivity index (χ2v) is 5.83. The van der Waals surface area contributed by atoms with Crippen molar-refractivity contribution in [3.8, 4) is 0 Å². The Bertz CT molecular complexity index is 542. The van der Waals surface area contributed by atoms with E-state index in [1.165, 1.54) is 23.3 Å². The number of anilines is 2. The Labute approximate surface area is 120 Å². The minimum absolute atomic E-state index is 0.267. The Balaban J connectivity index is 2.12. The first-order chi connectivity index (χ1) is 9.21. The summed E-state index contributed by atoms with van der Waals surface area (Å²) >= 11 is 2.84. The number of hydrogen-bond donors (Lipinski definition) is 2. The second-order valence-electron chi connectivity index (χ2n) is 3.81. The Hall–Kier alpha value is -1.41. The molecule has 2 aromatic rings. The summed E-state index contributed by atoms with van der Waals surface area (Å²) in [5.74, 6) is 1.87. The molecule has 0 radical (unpaired) electrons. The van der Waals surface area contributed by atoms with Crippen LogP contribution < -0.4 is 11.1 Å². The zero-order valence-electron chi connectivity index (χ0n) is 10.9. The van der Waals surface area contributed by atoms with E-state index in [1.54, 1.807) is 0 Å². The number of nitrogens with zero attached hydrogens (tertiary/aromatic N) is 4. The molecule has 102 valence electrons. The van der Waals surface area contributed by atoms with Crippen LogP contribution in [0.15, 0.2) is 15.4 Å². The molecule has 0 spiro atoms. The van der Waals surface area contributed by atoms with Crippen molar-refractivity contribution in [3.05, 3.63) is 11.9 Å². The van der Waals surface area contributed by atoms with Crippen LogP contribution in [0.2, 0.25) is 0 Å². The lowest BCUT2D eigenvalue weighted by atomic mass is 10.4. The topological polar surface area (TPSA) is 89.6 Å². The number of nitrogens with one attached hydrogen (secondary N) is 1. The van der Waals surface area contributed by atoms with Gasteiger partial charge in [-0.05, 0) is 29.7 Å². The Morgan fingerprint density at radius 1 is 1.32 bits per heavy atom. The molecule has 3 N–H and O–H groups in total. The van der Waals surface area contributed by atoms with Crippen LogP contribution in [-0.4, -0.2) is 25.9 Å². The maximum atomic E-state index is 5.71. The van der Waals surface area contributed by atoms with Gasteiger partial charge in [-0.25, -0.2) is 9.97 Å². The lowest BCUT2D eigenvalue weighted by Crippen LogP contribution is -2.05. The molecule has 6 nitrogen and oxygen atoms in total. The fourth-order valence-electron chi connectivity index (χ4n) is 1.35. The molecule has 0 fully saturated rings. The number of aryl methyl sites for hydroxylation is 1. The summed E-state index contributed by atoms with van der Waals surface area (Å²) in [6.07, 6.45) is 1.87. The van der Waals surface area contributed by atoms with Crippen molar-refractivity contribution in [2.75, 3.05) is 17.6 Å². The van der Waals surface area contributed by atoms with E-state index in [4.69, 9.17) is 5.73 Å². The van der Waals surface area contributed by atoms with Gasteiger partial charge in [0.05, 0.1) is 0 Å². The first-order valence-corrected chi connectivity index (χ1v) is 7.69. The SMILES string of the molecule is CCCNc1cc(Sc2nc(CC)ns2)nc(N)n1. The first-order valence-electron chi connectivity index (χ1n) is 6.10. The molecule has 0 aromatic carbocycles. The van der Waals surface area contributed by atoms with E-state index >= 15 is 0 Å². The highest BCUT2D eigenvalue weighted by Gasteiger charge is 2.08. The molecule has 2 heterocycles. The van der Waals surface area contributed by atoms with Gasteiger partial charge in [0.25, 0.3) is 0 Å². The molecule has 8 heteroatoms. The van der Waals surface area contributed by atoms with E-state index in [0.717, 1.165) is 40.4 Å². The summed E-state index contributed by atoms with van der Waals surface area (Å²) < 4.78 is 5.12. The van der Waals surface area contributed by atoms with Gasteiger partial charge in [0.2, 0.25) is 5.95 Å². The van der Waals surface area contributed by atoms with Crippen LogP contribution in [0.3, 0.4) is 0 Å². The second kappa shape index (κ2) is 6.67. The molecule has 19 heavy (non-hydrogen) atoms. The highest BCUT2D eigenvalue weighted by molar-refractivity contribution is 8.00. The van der Waals surface area contributed by atoms with Crippen molar-refractivity contribution in [2.45, 2.75) is 36.1 Å². The summed E-state index contributed by atoms with van der Waals surface area (Å²) in [5, 5.41) is 3.98. The Morgan fingerprint density at radius 2 is 2.16 bits per heavy atom. The number of rotatable bonds is 6. The van der Waals surface area contributed by atoms with E-state index in [9.17, 15) is 0 Å². The quantitative estimate of drug-likeness (QED) is 0.791. The number of hydrogen-bond acceptors (Lipinski definition) is 8. The Morgan fingerprint density at radius 3 is 2.84 bits per heavy atom. The lowest BCUT2D eigenvalue weighted by molar-refractivity contribution is 0.954. The summed E-state index contributed by atoms with van der Waals surface area (Å²) in [7, 11) is 0. The van der Waals surface area contributed by atoms with Crippen LogP contribution in [0, 0.1) is 0 Å². The van der Waals surface area contributed by atoms with Crippen LogP contribution in [0.4, 0.5) is 11.8 Å². The zero-order valence-corrected chi connectivity index (χ0v) is 12.5. The minimum Gasteiger partial charge on any atom is -0.370 e. The van der Waals surface area contributed by atoms with Crippen molar-refractivity contribution in [1.29, 1.82) is 0 Å². The largest absolute Gasteiger partial charge is 0.370 e. The van der Waals surface area contributed by atoms with Crippen molar-refractivity contribution >= 4 is 35.1 Å². The van der Waals surface area contributed by atoms with Gasteiger partial charge in [0.1, 0.15) is 16.7 Å². The fourth-order valence-corrected chi connectivity index (χ4v) is 3.01. The first kappa shape index (κ1) is 14.0. The molecule has 0 unspecified atom stereocenters. The summed E-state index contributed by atoms with van der Waals surface area (Å²) in [6, 6.07) is 1.88. The van der Waals surface area contributed by atoms with E-state index in [-0.39, 0.29) is 5.95 Å². The molecule has 2 aromatic heterocycles. The Kier molecular flexibility index (Phi) is 4.92. The summed E-state index contributed by atoms with van der Waals surface area (Å²) in [6.45, 7) is 4.99. The number of aromatic nitrogens is 4. The lowest BCUT2D eigenvalue weighted by Gasteiger charge is -2.05. The minimum atomic E-state index is 0.267. The molecular weight excluding hydrogens is 280 g/mol. The highest BCUT2D eigenvalue weighted by Crippen LogP contribution is 2.29. The monoisotopic (exact) mass is 296 g/mol. The summed E-state index contributed by atoms with van der Waals surface area (Å²) in [5.41, 5.74) is 5.71. The molecule has 0 saturated carbocycles. The van der Waals surface area contributed by atoms with Gasteiger partial charge in [0, 0.05) is 19.0 Å².